The van der Waals surface area contributed by atoms with Crippen LogP contribution in [0.15, 0.2) is 17.1 Å². The molecule has 1 aromatic carbocycles. The van der Waals surface area contributed by atoms with Gasteiger partial charge in [0.2, 0.25) is 5.96 Å². The van der Waals surface area contributed by atoms with Crippen molar-refractivity contribution in [3.63, 3.8) is 0 Å². The van der Waals surface area contributed by atoms with E-state index in [-0.39, 0.29) is 16.7 Å². The monoisotopic (exact) mass is 244 g/mol. The van der Waals surface area contributed by atoms with Gasteiger partial charge in [0.25, 0.3) is 0 Å². The molecular weight excluding hydrogens is 235 g/mol. The summed E-state index contributed by atoms with van der Waals surface area (Å²) in [5.41, 5.74) is 10.6. The van der Waals surface area contributed by atoms with Crippen LogP contribution in [0.5, 0.6) is 0 Å². The Morgan fingerprint density at radius 3 is 2.62 bits per heavy atom. The molecule has 7 heteroatoms. The molecule has 1 aromatic rings. The molecule has 1 rings (SSSR count). The first kappa shape index (κ1) is 12.3. The van der Waals surface area contributed by atoms with E-state index in [9.17, 15) is 9.18 Å². The Morgan fingerprint density at radius 2 is 2.12 bits per heavy atom. The van der Waals surface area contributed by atoms with E-state index >= 15 is 0 Å². The van der Waals surface area contributed by atoms with Crippen LogP contribution in [0.25, 0.3) is 0 Å². The Kier molecular flexibility index (Phi) is 3.68. The number of nitrogens with one attached hydrogen (secondary N) is 1. The molecule has 0 saturated carbocycles. The number of aliphatic imine (C=N–C) groups is 1. The van der Waals surface area contributed by atoms with Crippen LogP contribution in [0.4, 0.5) is 14.9 Å². The lowest BCUT2D eigenvalue weighted by molar-refractivity contribution is 0.253. The summed E-state index contributed by atoms with van der Waals surface area (Å²) >= 11 is 5.77. The minimum atomic E-state index is -0.884. The summed E-state index contributed by atoms with van der Waals surface area (Å²) in [6.07, 6.45) is 0. The molecule has 0 bridgehead atoms. The predicted octanol–water partition coefficient (Wildman–Crippen LogP) is 1.40. The second-order valence-electron chi connectivity index (χ2n) is 3.06. The molecule has 0 fully saturated rings. The van der Waals surface area contributed by atoms with Crippen LogP contribution in [0.1, 0.15) is 5.56 Å². The summed E-state index contributed by atoms with van der Waals surface area (Å²) < 4.78 is 13.4. The highest BCUT2D eigenvalue weighted by Gasteiger charge is 2.08. The third-order valence-corrected chi connectivity index (χ3v) is 1.93. The van der Waals surface area contributed by atoms with Crippen molar-refractivity contribution >= 4 is 29.3 Å². The van der Waals surface area contributed by atoms with E-state index in [1.54, 1.807) is 6.92 Å². The number of hydrogen-bond donors (Lipinski definition) is 3. The SMILES string of the molecule is Cc1cc(F)c(N=C(N)NC(N)=O)c(Cl)c1. The quantitative estimate of drug-likeness (QED) is 0.515. The molecule has 0 heterocycles. The van der Waals surface area contributed by atoms with Crippen molar-refractivity contribution in [3.8, 4) is 0 Å². The fraction of sp³-hybridized carbons (Fsp3) is 0.111. The van der Waals surface area contributed by atoms with Gasteiger partial charge in [-0.15, -0.1) is 0 Å². The van der Waals surface area contributed by atoms with Gasteiger partial charge >= 0.3 is 6.03 Å². The van der Waals surface area contributed by atoms with E-state index in [1.807, 2.05) is 5.32 Å². The molecule has 16 heavy (non-hydrogen) atoms. The van der Waals surface area contributed by atoms with E-state index in [2.05, 4.69) is 4.99 Å². The maximum atomic E-state index is 13.4. The molecule has 0 atom stereocenters. The molecule has 0 spiro atoms. The van der Waals surface area contributed by atoms with Crippen LogP contribution >= 0.6 is 11.6 Å². The summed E-state index contributed by atoms with van der Waals surface area (Å²) in [5, 5.41) is 2.11. The number of halogens is 2. The molecule has 0 aliphatic carbocycles. The third-order valence-electron chi connectivity index (χ3n) is 1.64. The first-order valence-corrected chi connectivity index (χ1v) is 4.64. The molecule has 2 amide bonds. The van der Waals surface area contributed by atoms with Gasteiger partial charge in [0, 0.05) is 0 Å². The summed E-state index contributed by atoms with van der Waals surface area (Å²) in [6.45, 7) is 1.69. The van der Waals surface area contributed by atoms with Gasteiger partial charge in [-0.2, -0.15) is 0 Å². The summed E-state index contributed by atoms with van der Waals surface area (Å²) in [7, 11) is 0. The zero-order valence-electron chi connectivity index (χ0n) is 8.42. The molecular formula is C9H10ClFN4O. The van der Waals surface area contributed by atoms with Crippen molar-refractivity contribution in [2.45, 2.75) is 6.92 Å². The third kappa shape index (κ3) is 3.09. The van der Waals surface area contributed by atoms with Gasteiger partial charge in [-0.1, -0.05) is 11.6 Å². The number of carbonyl (C=O) groups is 1. The smallest absolute Gasteiger partial charge is 0.318 e. The van der Waals surface area contributed by atoms with Crippen LogP contribution in [0.3, 0.4) is 0 Å². The highest BCUT2D eigenvalue weighted by atomic mass is 35.5. The number of aryl methyl sites for hydroxylation is 1. The highest BCUT2D eigenvalue weighted by Crippen LogP contribution is 2.29. The van der Waals surface area contributed by atoms with Crippen molar-refractivity contribution < 1.29 is 9.18 Å². The fourth-order valence-corrected chi connectivity index (χ4v) is 1.38. The molecule has 0 radical (unpaired) electrons. The Bertz CT molecular complexity index is 438. The van der Waals surface area contributed by atoms with Crippen LogP contribution in [0.2, 0.25) is 5.02 Å². The van der Waals surface area contributed by atoms with Crippen molar-refractivity contribution in [2.24, 2.45) is 16.5 Å². The van der Waals surface area contributed by atoms with Crippen LogP contribution < -0.4 is 16.8 Å². The average Bonchev–Trinajstić information content (AvgIpc) is 2.09. The van der Waals surface area contributed by atoms with Gasteiger partial charge in [0.1, 0.15) is 5.69 Å². The van der Waals surface area contributed by atoms with Crippen molar-refractivity contribution in [1.82, 2.24) is 5.32 Å². The van der Waals surface area contributed by atoms with Gasteiger partial charge < -0.3 is 11.5 Å². The minimum Gasteiger partial charge on any atom is -0.369 e. The van der Waals surface area contributed by atoms with Gasteiger partial charge in [-0.3, -0.25) is 5.32 Å². The van der Waals surface area contributed by atoms with Crippen LogP contribution in [-0.4, -0.2) is 12.0 Å². The molecule has 0 aromatic heterocycles. The maximum Gasteiger partial charge on any atom is 0.318 e. The number of nitrogens with two attached hydrogens (primary N) is 2. The fourth-order valence-electron chi connectivity index (χ4n) is 1.07. The lowest BCUT2D eigenvalue weighted by Gasteiger charge is -2.04. The molecule has 5 N–H and O–H groups in total. The average molecular weight is 245 g/mol. The van der Waals surface area contributed by atoms with Crippen molar-refractivity contribution in [3.05, 3.63) is 28.5 Å². The summed E-state index contributed by atoms with van der Waals surface area (Å²) in [4.78, 5) is 14.1. The maximum absolute atomic E-state index is 13.4. The summed E-state index contributed by atoms with van der Waals surface area (Å²) in [6, 6.07) is 1.90. The Morgan fingerprint density at radius 1 is 1.50 bits per heavy atom. The number of rotatable bonds is 1. The Balaban J connectivity index is 3.10. The molecule has 5 nitrogen and oxygen atoms in total. The van der Waals surface area contributed by atoms with Gasteiger partial charge in [0.05, 0.1) is 5.02 Å². The van der Waals surface area contributed by atoms with Gasteiger partial charge in [-0.25, -0.2) is 14.2 Å². The van der Waals surface area contributed by atoms with E-state index in [0.717, 1.165) is 0 Å². The number of urea groups is 1. The highest BCUT2D eigenvalue weighted by molar-refractivity contribution is 6.33. The lowest BCUT2D eigenvalue weighted by atomic mass is 10.2. The molecule has 0 unspecified atom stereocenters. The van der Waals surface area contributed by atoms with Crippen LogP contribution in [-0.2, 0) is 0 Å². The van der Waals surface area contributed by atoms with Crippen LogP contribution in [0, 0.1) is 12.7 Å². The number of carbonyl (C=O) groups excluding carboxylic acids is 1. The van der Waals surface area contributed by atoms with Gasteiger partial charge in [0.15, 0.2) is 5.82 Å². The molecule has 86 valence electrons. The second kappa shape index (κ2) is 4.80. The summed E-state index contributed by atoms with van der Waals surface area (Å²) in [5.74, 6) is -0.948. The number of hydrogen-bond acceptors (Lipinski definition) is 2. The Labute approximate surface area is 96.3 Å². The number of nitrogens with zero attached hydrogens (tertiary/aromatic N) is 1. The van der Waals surface area contributed by atoms with E-state index in [4.69, 9.17) is 23.1 Å². The second-order valence-corrected chi connectivity index (χ2v) is 3.47. The molecule has 0 aliphatic rings. The minimum absolute atomic E-state index is 0.103. The van der Waals surface area contributed by atoms with Crippen molar-refractivity contribution in [2.75, 3.05) is 0 Å². The topological polar surface area (TPSA) is 93.5 Å². The zero-order valence-corrected chi connectivity index (χ0v) is 9.18. The normalized spacial score (nSPS) is 11.3. The molecule has 0 saturated heterocycles. The first-order valence-electron chi connectivity index (χ1n) is 4.26. The van der Waals surface area contributed by atoms with E-state index < -0.39 is 11.8 Å². The van der Waals surface area contributed by atoms with Gasteiger partial charge in [-0.05, 0) is 24.6 Å². The number of guanidine groups is 1. The number of amides is 2. The number of primary amides is 1. The Hall–Kier alpha value is -1.82. The number of benzene rings is 1. The molecule has 0 aliphatic heterocycles. The standard InChI is InChI=1S/C9H10ClFN4O/c1-4-2-5(10)7(6(11)3-4)14-8(12)15-9(13)16/h2-3H,1H3,(H5,12,13,14,15,16). The largest absolute Gasteiger partial charge is 0.369 e. The van der Waals surface area contributed by atoms with E-state index in [1.165, 1.54) is 12.1 Å². The zero-order chi connectivity index (χ0) is 12.3. The van der Waals surface area contributed by atoms with Crippen molar-refractivity contribution in [1.29, 1.82) is 0 Å². The predicted molar refractivity (Wildman–Crippen MR) is 60.1 cm³/mol. The lowest BCUT2D eigenvalue weighted by Crippen LogP contribution is -2.40. The first-order chi connectivity index (χ1) is 7.40. The van der Waals surface area contributed by atoms with E-state index in [0.29, 0.717) is 5.56 Å².